The molecule has 1 amide bonds. The Morgan fingerprint density at radius 1 is 1.67 bits per heavy atom. The second kappa shape index (κ2) is 4.19. The topological polar surface area (TPSA) is 56.1 Å². The van der Waals surface area contributed by atoms with Crippen LogP contribution in [-0.4, -0.2) is 35.0 Å². The van der Waals surface area contributed by atoms with Gasteiger partial charge in [-0.3, -0.25) is 4.79 Å². The fourth-order valence-electron chi connectivity index (χ4n) is 2.22. The van der Waals surface area contributed by atoms with Crippen molar-refractivity contribution in [3.8, 4) is 6.07 Å². The molecular weight excluding hydrogens is 190 g/mol. The maximum atomic E-state index is 12.1. The standard InChI is InChI=1S/C11H19N3O/c1-8(2)14-10(15)9(5-6-12)13-7-11(14,3)4/h8-9,13H,5,7H2,1-4H3. The summed E-state index contributed by atoms with van der Waals surface area (Å²) in [5, 5.41) is 11.8. The second-order valence-corrected chi connectivity index (χ2v) is 4.91. The fraction of sp³-hybridized carbons (Fsp3) is 0.818. The van der Waals surface area contributed by atoms with Crippen LogP contribution < -0.4 is 5.32 Å². The van der Waals surface area contributed by atoms with Crippen LogP contribution >= 0.6 is 0 Å². The van der Waals surface area contributed by atoms with Gasteiger partial charge in [-0.25, -0.2) is 0 Å². The van der Waals surface area contributed by atoms with Gasteiger partial charge in [-0.15, -0.1) is 0 Å². The molecule has 1 fully saturated rings. The van der Waals surface area contributed by atoms with Gasteiger partial charge in [0.2, 0.25) is 5.91 Å². The van der Waals surface area contributed by atoms with Crippen molar-refractivity contribution in [1.29, 1.82) is 5.26 Å². The smallest absolute Gasteiger partial charge is 0.241 e. The monoisotopic (exact) mass is 209 g/mol. The molecule has 1 unspecified atom stereocenters. The zero-order valence-electron chi connectivity index (χ0n) is 9.87. The van der Waals surface area contributed by atoms with Gasteiger partial charge in [0, 0.05) is 12.6 Å². The Balaban J connectivity index is 2.87. The predicted octanol–water partition coefficient (Wildman–Crippen LogP) is 0.887. The van der Waals surface area contributed by atoms with Crippen LogP contribution in [0.4, 0.5) is 0 Å². The van der Waals surface area contributed by atoms with Crippen LogP contribution in [0.1, 0.15) is 34.1 Å². The van der Waals surface area contributed by atoms with Crippen LogP contribution in [0.5, 0.6) is 0 Å². The van der Waals surface area contributed by atoms with E-state index in [4.69, 9.17) is 5.26 Å². The van der Waals surface area contributed by atoms with Gasteiger partial charge in [0.1, 0.15) is 6.04 Å². The molecule has 0 aromatic rings. The van der Waals surface area contributed by atoms with Gasteiger partial charge in [-0.1, -0.05) is 0 Å². The SMILES string of the molecule is CC(C)N1C(=O)C(CC#N)NCC1(C)C. The molecule has 1 N–H and O–H groups in total. The van der Waals surface area contributed by atoms with E-state index in [-0.39, 0.29) is 30.0 Å². The van der Waals surface area contributed by atoms with E-state index in [0.29, 0.717) is 0 Å². The molecule has 1 aliphatic rings. The van der Waals surface area contributed by atoms with E-state index in [9.17, 15) is 4.79 Å². The van der Waals surface area contributed by atoms with Gasteiger partial charge < -0.3 is 10.2 Å². The fourth-order valence-corrected chi connectivity index (χ4v) is 2.22. The van der Waals surface area contributed by atoms with E-state index in [0.717, 1.165) is 6.54 Å². The number of amides is 1. The summed E-state index contributed by atoms with van der Waals surface area (Å²) in [5.74, 6) is 0.0443. The molecule has 0 radical (unpaired) electrons. The van der Waals surface area contributed by atoms with E-state index >= 15 is 0 Å². The quantitative estimate of drug-likeness (QED) is 0.734. The number of nitrogens with one attached hydrogen (secondary N) is 1. The molecule has 1 saturated heterocycles. The number of rotatable bonds is 2. The minimum Gasteiger partial charge on any atom is -0.332 e. The summed E-state index contributed by atoms with van der Waals surface area (Å²) in [6.07, 6.45) is 0.248. The van der Waals surface area contributed by atoms with Crippen LogP contribution in [0.2, 0.25) is 0 Å². The van der Waals surface area contributed by atoms with Crippen LogP contribution in [0.3, 0.4) is 0 Å². The average molecular weight is 209 g/mol. The zero-order valence-corrected chi connectivity index (χ0v) is 9.87. The van der Waals surface area contributed by atoms with Crippen LogP contribution in [0.15, 0.2) is 0 Å². The predicted molar refractivity (Wildman–Crippen MR) is 58.1 cm³/mol. The minimum absolute atomic E-state index is 0.0443. The molecule has 4 heteroatoms. The van der Waals surface area contributed by atoms with Crippen LogP contribution in [-0.2, 0) is 4.79 Å². The third-order valence-electron chi connectivity index (χ3n) is 2.78. The first-order valence-corrected chi connectivity index (χ1v) is 5.33. The van der Waals surface area contributed by atoms with E-state index in [1.165, 1.54) is 0 Å². The second-order valence-electron chi connectivity index (χ2n) is 4.91. The number of hydrogen-bond donors (Lipinski definition) is 1. The Kier molecular flexibility index (Phi) is 3.35. The Morgan fingerprint density at radius 2 is 2.27 bits per heavy atom. The van der Waals surface area contributed by atoms with Crippen molar-refractivity contribution in [2.45, 2.75) is 51.7 Å². The summed E-state index contributed by atoms with van der Waals surface area (Å²) in [7, 11) is 0. The minimum atomic E-state index is -0.328. The normalized spacial score (nSPS) is 25.5. The van der Waals surface area contributed by atoms with E-state index in [2.05, 4.69) is 5.32 Å². The van der Waals surface area contributed by atoms with Gasteiger partial charge in [-0.05, 0) is 27.7 Å². The summed E-state index contributed by atoms with van der Waals surface area (Å²) in [6, 6.07) is 1.89. The highest BCUT2D eigenvalue weighted by Crippen LogP contribution is 2.23. The number of nitriles is 1. The molecule has 0 spiro atoms. The lowest BCUT2D eigenvalue weighted by molar-refractivity contribution is -0.145. The summed E-state index contributed by atoms with van der Waals surface area (Å²) in [6.45, 7) is 8.84. The Bertz CT molecular complexity index is 291. The summed E-state index contributed by atoms with van der Waals surface area (Å²) >= 11 is 0. The van der Waals surface area contributed by atoms with Crippen molar-refractivity contribution in [1.82, 2.24) is 10.2 Å². The third kappa shape index (κ3) is 2.29. The van der Waals surface area contributed by atoms with Gasteiger partial charge in [0.05, 0.1) is 18.0 Å². The van der Waals surface area contributed by atoms with Crippen molar-refractivity contribution >= 4 is 5.91 Å². The molecule has 1 rings (SSSR count). The van der Waals surface area contributed by atoms with E-state index in [1.807, 2.05) is 38.7 Å². The number of nitrogens with zero attached hydrogens (tertiary/aromatic N) is 2. The summed E-state index contributed by atoms with van der Waals surface area (Å²) in [4.78, 5) is 14.0. The first-order valence-electron chi connectivity index (χ1n) is 5.33. The Morgan fingerprint density at radius 3 is 2.73 bits per heavy atom. The first-order chi connectivity index (χ1) is 6.90. The molecule has 0 aromatic carbocycles. The number of piperazine rings is 1. The molecule has 1 heterocycles. The van der Waals surface area contributed by atoms with Crippen LogP contribution in [0.25, 0.3) is 0 Å². The van der Waals surface area contributed by atoms with Crippen molar-refractivity contribution in [2.75, 3.05) is 6.54 Å². The van der Waals surface area contributed by atoms with Gasteiger partial charge >= 0.3 is 0 Å². The van der Waals surface area contributed by atoms with Gasteiger partial charge in [0.25, 0.3) is 0 Å². The Labute approximate surface area is 91.2 Å². The highest BCUT2D eigenvalue weighted by atomic mass is 16.2. The Hall–Kier alpha value is -1.08. The molecule has 0 saturated carbocycles. The molecule has 0 bridgehead atoms. The molecule has 0 aliphatic carbocycles. The van der Waals surface area contributed by atoms with E-state index in [1.54, 1.807) is 0 Å². The summed E-state index contributed by atoms with van der Waals surface area (Å²) < 4.78 is 0. The third-order valence-corrected chi connectivity index (χ3v) is 2.78. The largest absolute Gasteiger partial charge is 0.332 e. The van der Waals surface area contributed by atoms with Crippen molar-refractivity contribution in [3.63, 3.8) is 0 Å². The van der Waals surface area contributed by atoms with Crippen LogP contribution in [0, 0.1) is 11.3 Å². The molecule has 84 valence electrons. The number of hydrogen-bond acceptors (Lipinski definition) is 3. The molecule has 4 nitrogen and oxygen atoms in total. The molecule has 1 aliphatic heterocycles. The lowest BCUT2D eigenvalue weighted by atomic mass is 9.94. The molecule has 0 aromatic heterocycles. The maximum absolute atomic E-state index is 12.1. The highest BCUT2D eigenvalue weighted by Gasteiger charge is 2.40. The highest BCUT2D eigenvalue weighted by molar-refractivity contribution is 5.84. The average Bonchev–Trinajstić information content (AvgIpc) is 2.09. The molecule has 15 heavy (non-hydrogen) atoms. The number of carbonyl (C=O) groups is 1. The summed E-state index contributed by atoms with van der Waals surface area (Å²) in [5.41, 5.74) is -0.169. The van der Waals surface area contributed by atoms with Gasteiger partial charge in [0.15, 0.2) is 0 Å². The van der Waals surface area contributed by atoms with Crippen molar-refractivity contribution < 1.29 is 4.79 Å². The number of carbonyl (C=O) groups excluding carboxylic acids is 1. The van der Waals surface area contributed by atoms with Gasteiger partial charge in [-0.2, -0.15) is 5.26 Å². The maximum Gasteiger partial charge on any atom is 0.241 e. The van der Waals surface area contributed by atoms with E-state index < -0.39 is 0 Å². The molecular formula is C11H19N3O. The lowest BCUT2D eigenvalue weighted by Crippen LogP contribution is -2.66. The zero-order chi connectivity index (χ0) is 11.6. The molecule has 1 atom stereocenters. The first kappa shape index (κ1) is 12.0. The van der Waals surface area contributed by atoms with Crippen molar-refractivity contribution in [3.05, 3.63) is 0 Å². The lowest BCUT2D eigenvalue weighted by Gasteiger charge is -2.47. The van der Waals surface area contributed by atoms with Crippen molar-refractivity contribution in [2.24, 2.45) is 0 Å².